The average molecular weight is 470 g/mol. The van der Waals surface area contributed by atoms with Crippen LogP contribution in [-0.4, -0.2) is 62.0 Å². The molecule has 0 aromatic heterocycles. The molecule has 0 saturated carbocycles. The van der Waals surface area contributed by atoms with Gasteiger partial charge in [0.15, 0.2) is 0 Å². The summed E-state index contributed by atoms with van der Waals surface area (Å²) in [6.07, 6.45) is 1.98. The van der Waals surface area contributed by atoms with Crippen LogP contribution in [0.25, 0.3) is 10.8 Å². The molecule has 1 aliphatic heterocycles. The van der Waals surface area contributed by atoms with Crippen LogP contribution in [0.1, 0.15) is 6.92 Å². The van der Waals surface area contributed by atoms with Crippen LogP contribution < -0.4 is 5.32 Å². The Morgan fingerprint density at radius 1 is 0.938 bits per heavy atom. The summed E-state index contributed by atoms with van der Waals surface area (Å²) >= 11 is 1.58. The molecule has 168 valence electrons. The highest BCUT2D eigenvalue weighted by Crippen LogP contribution is 2.26. The predicted octanol–water partition coefficient (Wildman–Crippen LogP) is 3.90. The van der Waals surface area contributed by atoms with Crippen molar-refractivity contribution in [2.24, 2.45) is 0 Å². The number of anilines is 1. The molecule has 4 rings (SSSR count). The van der Waals surface area contributed by atoms with Gasteiger partial charge in [0.1, 0.15) is 0 Å². The van der Waals surface area contributed by atoms with E-state index in [1.165, 1.54) is 4.31 Å². The Balaban J connectivity index is 1.40. The van der Waals surface area contributed by atoms with E-state index >= 15 is 0 Å². The molecule has 0 radical (unpaired) electrons. The topological polar surface area (TPSA) is 69.7 Å². The summed E-state index contributed by atoms with van der Waals surface area (Å²) in [5.41, 5.74) is 0.800. The normalized spacial score (nSPS) is 16.7. The number of hydrogen-bond donors (Lipinski definition) is 1. The number of carbonyl (C=O) groups is 1. The lowest BCUT2D eigenvalue weighted by Gasteiger charge is -2.36. The van der Waals surface area contributed by atoms with E-state index in [2.05, 4.69) is 5.32 Å². The van der Waals surface area contributed by atoms with Crippen LogP contribution in [0.3, 0.4) is 0 Å². The number of nitrogens with one attached hydrogen (secondary N) is 1. The number of para-hydroxylation sites is 1. The summed E-state index contributed by atoms with van der Waals surface area (Å²) < 4.78 is 27.9. The Morgan fingerprint density at radius 3 is 2.31 bits per heavy atom. The number of thioether (sulfide) groups is 1. The van der Waals surface area contributed by atoms with Gasteiger partial charge in [-0.3, -0.25) is 9.69 Å². The number of sulfonamides is 1. The SMILES string of the molecule is CSc1ccccc1NC(=O)C(C)N1CCN(S(=O)(=O)c2ccc3ccccc3c2)CC1. The van der Waals surface area contributed by atoms with Crippen LogP contribution in [0, 0.1) is 0 Å². The number of carbonyl (C=O) groups excluding carboxylic acids is 1. The number of nitrogens with zero attached hydrogens (tertiary/aromatic N) is 2. The van der Waals surface area contributed by atoms with Crippen LogP contribution in [0.15, 0.2) is 76.5 Å². The summed E-state index contributed by atoms with van der Waals surface area (Å²) in [4.78, 5) is 16.2. The lowest BCUT2D eigenvalue weighted by atomic mass is 10.1. The first-order valence-corrected chi connectivity index (χ1v) is 13.2. The Morgan fingerprint density at radius 2 is 1.59 bits per heavy atom. The van der Waals surface area contributed by atoms with Gasteiger partial charge in [0, 0.05) is 31.1 Å². The molecule has 6 nitrogen and oxygen atoms in total. The van der Waals surface area contributed by atoms with Gasteiger partial charge in [0.05, 0.1) is 16.6 Å². The second-order valence-corrected chi connectivity index (χ2v) is 10.6. The molecule has 8 heteroatoms. The van der Waals surface area contributed by atoms with Gasteiger partial charge in [-0.25, -0.2) is 8.42 Å². The summed E-state index contributed by atoms with van der Waals surface area (Å²) in [6, 6.07) is 20.3. The number of hydrogen-bond acceptors (Lipinski definition) is 5. The second kappa shape index (κ2) is 9.62. The van der Waals surface area contributed by atoms with Crippen molar-refractivity contribution < 1.29 is 13.2 Å². The van der Waals surface area contributed by atoms with E-state index in [1.54, 1.807) is 23.9 Å². The summed E-state index contributed by atoms with van der Waals surface area (Å²) in [6.45, 7) is 3.59. The Hall–Kier alpha value is -2.39. The minimum atomic E-state index is -3.58. The highest BCUT2D eigenvalue weighted by atomic mass is 32.2. The molecule has 1 aliphatic rings. The van der Waals surface area contributed by atoms with Gasteiger partial charge in [-0.1, -0.05) is 42.5 Å². The van der Waals surface area contributed by atoms with E-state index in [9.17, 15) is 13.2 Å². The molecule has 1 heterocycles. The summed E-state index contributed by atoms with van der Waals surface area (Å²) in [5.74, 6) is -0.0858. The number of benzene rings is 3. The average Bonchev–Trinajstić information content (AvgIpc) is 2.83. The number of amides is 1. The van der Waals surface area contributed by atoms with Crippen LogP contribution in [-0.2, 0) is 14.8 Å². The molecule has 1 unspecified atom stereocenters. The molecule has 32 heavy (non-hydrogen) atoms. The Kier molecular flexibility index (Phi) is 6.85. The fourth-order valence-electron chi connectivity index (χ4n) is 3.96. The van der Waals surface area contributed by atoms with Gasteiger partial charge in [0.25, 0.3) is 0 Å². The first kappa shape index (κ1) is 22.8. The van der Waals surface area contributed by atoms with Crippen LogP contribution in [0.4, 0.5) is 5.69 Å². The lowest BCUT2D eigenvalue weighted by Crippen LogP contribution is -2.53. The third-order valence-electron chi connectivity index (χ3n) is 5.92. The maximum atomic E-state index is 13.2. The number of piperazine rings is 1. The zero-order valence-corrected chi connectivity index (χ0v) is 19.8. The molecule has 1 amide bonds. The van der Waals surface area contributed by atoms with Crippen molar-refractivity contribution in [3.63, 3.8) is 0 Å². The molecule has 1 atom stereocenters. The molecule has 0 aliphatic carbocycles. The minimum absolute atomic E-state index is 0.0858. The van der Waals surface area contributed by atoms with Crippen molar-refractivity contribution in [2.75, 3.05) is 37.8 Å². The van der Waals surface area contributed by atoms with Crippen LogP contribution >= 0.6 is 11.8 Å². The maximum Gasteiger partial charge on any atom is 0.243 e. The molecule has 0 bridgehead atoms. The van der Waals surface area contributed by atoms with E-state index in [1.807, 2.05) is 72.7 Å². The molecular weight excluding hydrogens is 442 g/mol. The first-order valence-electron chi connectivity index (χ1n) is 10.6. The van der Waals surface area contributed by atoms with Gasteiger partial charge < -0.3 is 5.32 Å². The monoisotopic (exact) mass is 469 g/mol. The van der Waals surface area contributed by atoms with E-state index in [0.29, 0.717) is 31.1 Å². The Labute approximate surface area is 193 Å². The molecule has 0 spiro atoms. The predicted molar refractivity (Wildman–Crippen MR) is 131 cm³/mol. The van der Waals surface area contributed by atoms with Gasteiger partial charge in [0.2, 0.25) is 15.9 Å². The quantitative estimate of drug-likeness (QED) is 0.555. The maximum absolute atomic E-state index is 13.2. The Bertz CT molecular complexity index is 1220. The molecule has 1 fully saturated rings. The highest BCUT2D eigenvalue weighted by molar-refractivity contribution is 7.98. The van der Waals surface area contributed by atoms with E-state index < -0.39 is 10.0 Å². The van der Waals surface area contributed by atoms with Gasteiger partial charge in [-0.2, -0.15) is 4.31 Å². The van der Waals surface area contributed by atoms with Crippen molar-refractivity contribution in [2.45, 2.75) is 22.8 Å². The van der Waals surface area contributed by atoms with Gasteiger partial charge in [-0.15, -0.1) is 11.8 Å². The lowest BCUT2D eigenvalue weighted by molar-refractivity contribution is -0.121. The van der Waals surface area contributed by atoms with Gasteiger partial charge in [-0.05, 0) is 48.2 Å². The largest absolute Gasteiger partial charge is 0.324 e. The van der Waals surface area contributed by atoms with E-state index in [-0.39, 0.29) is 11.9 Å². The number of fused-ring (bicyclic) bond motifs is 1. The second-order valence-electron chi connectivity index (χ2n) is 7.81. The standard InChI is InChI=1S/C24H27N3O3S2/c1-18(24(28)25-22-9-5-6-10-23(22)31-2)26-13-15-27(16-14-26)32(29,30)21-12-11-19-7-3-4-8-20(19)17-21/h3-12,17-18H,13-16H2,1-2H3,(H,25,28). The minimum Gasteiger partial charge on any atom is -0.324 e. The summed E-state index contributed by atoms with van der Waals surface area (Å²) in [5, 5.41) is 4.93. The third-order valence-corrected chi connectivity index (χ3v) is 8.61. The zero-order chi connectivity index (χ0) is 22.7. The molecule has 3 aromatic rings. The molecule has 1 saturated heterocycles. The van der Waals surface area contributed by atoms with Crippen molar-refractivity contribution in [1.82, 2.24) is 9.21 Å². The fraction of sp³-hybridized carbons (Fsp3) is 0.292. The highest BCUT2D eigenvalue weighted by Gasteiger charge is 2.32. The van der Waals surface area contributed by atoms with E-state index in [4.69, 9.17) is 0 Å². The van der Waals surface area contributed by atoms with E-state index in [0.717, 1.165) is 21.4 Å². The molecule has 1 N–H and O–H groups in total. The third kappa shape index (κ3) is 4.68. The van der Waals surface area contributed by atoms with Crippen molar-refractivity contribution in [1.29, 1.82) is 0 Å². The molecule has 3 aromatic carbocycles. The van der Waals surface area contributed by atoms with Gasteiger partial charge >= 0.3 is 0 Å². The first-order chi connectivity index (χ1) is 15.4. The van der Waals surface area contributed by atoms with Crippen LogP contribution in [0.2, 0.25) is 0 Å². The van der Waals surface area contributed by atoms with Crippen molar-refractivity contribution in [3.05, 3.63) is 66.7 Å². The van der Waals surface area contributed by atoms with Crippen molar-refractivity contribution >= 4 is 44.2 Å². The fourth-order valence-corrected chi connectivity index (χ4v) is 5.97. The number of rotatable bonds is 6. The smallest absolute Gasteiger partial charge is 0.243 e. The van der Waals surface area contributed by atoms with Crippen LogP contribution in [0.5, 0.6) is 0 Å². The summed E-state index contributed by atoms with van der Waals surface area (Å²) in [7, 11) is -3.58. The van der Waals surface area contributed by atoms with Crippen molar-refractivity contribution in [3.8, 4) is 0 Å². The molecular formula is C24H27N3O3S2. The zero-order valence-electron chi connectivity index (χ0n) is 18.2.